The van der Waals surface area contributed by atoms with E-state index in [2.05, 4.69) is 4.72 Å². The van der Waals surface area contributed by atoms with Gasteiger partial charge in [0.1, 0.15) is 6.04 Å². The third kappa shape index (κ3) is 4.17. The molecule has 21 heavy (non-hydrogen) atoms. The zero-order valence-corrected chi connectivity index (χ0v) is 13.4. The molecule has 0 aromatic heterocycles. The van der Waals surface area contributed by atoms with Crippen molar-refractivity contribution >= 4 is 16.2 Å². The SMILES string of the molecule is CC1CCCCN1S(=O)(=O)NC(C(=O)O)C1CCCCC1. The number of aliphatic carboxylic acids is 1. The smallest absolute Gasteiger partial charge is 0.322 e. The standard InChI is InChI=1S/C14H26N2O4S/c1-11-7-5-6-10-16(11)21(19,20)15-13(14(17)18)12-8-3-2-4-9-12/h11-13,15H,2-10H2,1H3,(H,17,18). The highest BCUT2D eigenvalue weighted by molar-refractivity contribution is 7.87. The molecule has 122 valence electrons. The van der Waals surface area contributed by atoms with Gasteiger partial charge in [-0.25, -0.2) is 0 Å². The van der Waals surface area contributed by atoms with E-state index in [4.69, 9.17) is 0 Å². The van der Waals surface area contributed by atoms with Crippen molar-refractivity contribution in [3.63, 3.8) is 0 Å². The second-order valence-electron chi connectivity index (χ2n) is 6.29. The summed E-state index contributed by atoms with van der Waals surface area (Å²) in [4.78, 5) is 11.5. The zero-order valence-electron chi connectivity index (χ0n) is 12.6. The molecule has 1 saturated heterocycles. The van der Waals surface area contributed by atoms with Crippen molar-refractivity contribution in [1.82, 2.24) is 9.03 Å². The van der Waals surface area contributed by atoms with Crippen LogP contribution in [0, 0.1) is 5.92 Å². The maximum absolute atomic E-state index is 12.5. The number of hydrogen-bond donors (Lipinski definition) is 2. The fraction of sp³-hybridized carbons (Fsp3) is 0.929. The van der Waals surface area contributed by atoms with Crippen molar-refractivity contribution in [2.45, 2.75) is 70.4 Å². The summed E-state index contributed by atoms with van der Waals surface area (Å²) in [6.07, 6.45) is 7.35. The van der Waals surface area contributed by atoms with Gasteiger partial charge in [-0.2, -0.15) is 17.4 Å². The lowest BCUT2D eigenvalue weighted by Crippen LogP contribution is -2.54. The van der Waals surface area contributed by atoms with E-state index in [1.165, 1.54) is 4.31 Å². The topological polar surface area (TPSA) is 86.7 Å². The molecule has 6 nitrogen and oxygen atoms in total. The molecule has 0 bridgehead atoms. The van der Waals surface area contributed by atoms with Crippen LogP contribution in [0.15, 0.2) is 0 Å². The van der Waals surface area contributed by atoms with Gasteiger partial charge in [-0.15, -0.1) is 0 Å². The van der Waals surface area contributed by atoms with E-state index in [1.54, 1.807) is 0 Å². The molecule has 2 rings (SSSR count). The van der Waals surface area contributed by atoms with Gasteiger partial charge in [0.15, 0.2) is 0 Å². The van der Waals surface area contributed by atoms with Crippen molar-refractivity contribution in [3.8, 4) is 0 Å². The first-order valence-corrected chi connectivity index (χ1v) is 9.38. The minimum absolute atomic E-state index is 0.0583. The highest BCUT2D eigenvalue weighted by Gasteiger charge is 2.37. The molecule has 7 heteroatoms. The van der Waals surface area contributed by atoms with Crippen LogP contribution < -0.4 is 4.72 Å². The van der Waals surface area contributed by atoms with Crippen molar-refractivity contribution in [2.75, 3.05) is 6.54 Å². The van der Waals surface area contributed by atoms with Crippen LogP contribution in [0.1, 0.15) is 58.3 Å². The quantitative estimate of drug-likeness (QED) is 0.808. The van der Waals surface area contributed by atoms with Gasteiger partial charge in [0.05, 0.1) is 0 Å². The summed E-state index contributed by atoms with van der Waals surface area (Å²) in [5.74, 6) is -1.15. The second kappa shape index (κ2) is 7.07. The minimum atomic E-state index is -3.72. The third-order valence-electron chi connectivity index (χ3n) is 4.71. The fourth-order valence-corrected chi connectivity index (χ4v) is 5.17. The van der Waals surface area contributed by atoms with Gasteiger partial charge in [-0.05, 0) is 38.5 Å². The first-order valence-electron chi connectivity index (χ1n) is 7.93. The Bertz CT molecular complexity index is 460. The molecule has 0 amide bonds. The summed E-state index contributed by atoms with van der Waals surface area (Å²) in [7, 11) is -3.72. The predicted octanol–water partition coefficient (Wildman–Crippen LogP) is 1.73. The predicted molar refractivity (Wildman–Crippen MR) is 80.1 cm³/mol. The van der Waals surface area contributed by atoms with Crippen molar-refractivity contribution in [3.05, 3.63) is 0 Å². The van der Waals surface area contributed by atoms with E-state index >= 15 is 0 Å². The lowest BCUT2D eigenvalue weighted by atomic mass is 9.84. The number of piperidine rings is 1. The molecular weight excluding hydrogens is 292 g/mol. The Morgan fingerprint density at radius 2 is 1.76 bits per heavy atom. The number of carbonyl (C=O) groups is 1. The molecule has 0 aromatic carbocycles. The van der Waals surface area contributed by atoms with Gasteiger partial charge in [-0.3, -0.25) is 4.79 Å². The number of carboxylic acid groups (broad SMARTS) is 1. The summed E-state index contributed by atoms with van der Waals surface area (Å²) in [6, 6.07) is -1.05. The summed E-state index contributed by atoms with van der Waals surface area (Å²) in [5, 5.41) is 9.41. The molecule has 2 atom stereocenters. The first-order chi connectivity index (χ1) is 9.92. The molecule has 1 heterocycles. The van der Waals surface area contributed by atoms with Crippen molar-refractivity contribution in [2.24, 2.45) is 5.92 Å². The molecule has 2 unspecified atom stereocenters. The number of rotatable bonds is 5. The Morgan fingerprint density at radius 1 is 1.14 bits per heavy atom. The monoisotopic (exact) mass is 318 g/mol. The van der Waals surface area contributed by atoms with Gasteiger partial charge in [0, 0.05) is 12.6 Å². The average Bonchev–Trinajstić information content (AvgIpc) is 2.46. The van der Waals surface area contributed by atoms with E-state index in [-0.39, 0.29) is 12.0 Å². The molecule has 0 aromatic rings. The van der Waals surface area contributed by atoms with Gasteiger partial charge in [0.25, 0.3) is 10.2 Å². The molecule has 1 aliphatic carbocycles. The molecule has 1 saturated carbocycles. The van der Waals surface area contributed by atoms with Crippen LogP contribution in [0.2, 0.25) is 0 Å². The van der Waals surface area contributed by atoms with Crippen LogP contribution in [0.25, 0.3) is 0 Å². The molecule has 2 fully saturated rings. The van der Waals surface area contributed by atoms with Crippen LogP contribution in [-0.4, -0.2) is 42.4 Å². The largest absolute Gasteiger partial charge is 0.480 e. The number of hydrogen-bond acceptors (Lipinski definition) is 3. The first kappa shape index (κ1) is 16.7. The van der Waals surface area contributed by atoms with Gasteiger partial charge >= 0.3 is 5.97 Å². The van der Waals surface area contributed by atoms with E-state index in [0.717, 1.165) is 51.4 Å². The number of nitrogens with one attached hydrogen (secondary N) is 1. The maximum atomic E-state index is 12.5. The van der Waals surface area contributed by atoms with E-state index in [9.17, 15) is 18.3 Å². The minimum Gasteiger partial charge on any atom is -0.480 e. The number of carboxylic acids is 1. The average molecular weight is 318 g/mol. The molecule has 1 aliphatic heterocycles. The van der Waals surface area contributed by atoms with Gasteiger partial charge < -0.3 is 5.11 Å². The zero-order chi connectivity index (χ0) is 15.5. The molecule has 2 N–H and O–H groups in total. The fourth-order valence-electron chi connectivity index (χ4n) is 3.47. The Labute approximate surface area is 127 Å². The summed E-state index contributed by atoms with van der Waals surface area (Å²) < 4.78 is 28.9. The lowest BCUT2D eigenvalue weighted by Gasteiger charge is -2.35. The molecule has 2 aliphatic rings. The Hall–Kier alpha value is -0.660. The molecular formula is C14H26N2O4S. The summed E-state index contributed by atoms with van der Waals surface area (Å²) >= 11 is 0. The van der Waals surface area contributed by atoms with Crippen LogP contribution in [0.3, 0.4) is 0 Å². The second-order valence-corrected chi connectivity index (χ2v) is 7.95. The van der Waals surface area contributed by atoms with E-state index in [1.807, 2.05) is 6.92 Å². The maximum Gasteiger partial charge on any atom is 0.322 e. The summed E-state index contributed by atoms with van der Waals surface area (Å²) in [6.45, 7) is 2.36. The highest BCUT2D eigenvalue weighted by atomic mass is 32.2. The molecule has 0 spiro atoms. The van der Waals surface area contributed by atoms with Gasteiger partial charge in [0.2, 0.25) is 0 Å². The van der Waals surface area contributed by atoms with Crippen LogP contribution in [0.5, 0.6) is 0 Å². The third-order valence-corrected chi connectivity index (χ3v) is 6.43. The van der Waals surface area contributed by atoms with Crippen molar-refractivity contribution < 1.29 is 18.3 Å². The van der Waals surface area contributed by atoms with Crippen molar-refractivity contribution in [1.29, 1.82) is 0 Å². The van der Waals surface area contributed by atoms with Gasteiger partial charge in [-0.1, -0.05) is 25.7 Å². The van der Waals surface area contributed by atoms with Crippen LogP contribution >= 0.6 is 0 Å². The van der Waals surface area contributed by atoms with E-state index < -0.39 is 22.2 Å². The Morgan fingerprint density at radius 3 is 2.33 bits per heavy atom. The van der Waals surface area contributed by atoms with Crippen LogP contribution in [0.4, 0.5) is 0 Å². The van der Waals surface area contributed by atoms with Crippen LogP contribution in [-0.2, 0) is 15.0 Å². The molecule has 0 radical (unpaired) electrons. The van der Waals surface area contributed by atoms with E-state index in [0.29, 0.717) is 6.54 Å². The highest BCUT2D eigenvalue weighted by Crippen LogP contribution is 2.28. The lowest BCUT2D eigenvalue weighted by molar-refractivity contribution is -0.140. The summed E-state index contributed by atoms with van der Waals surface area (Å²) in [5.41, 5.74) is 0. The normalized spacial score (nSPS) is 27.4. The number of nitrogens with zero attached hydrogens (tertiary/aromatic N) is 1. The Kier molecular flexibility index (Phi) is 5.62. The Balaban J connectivity index is 2.09.